The van der Waals surface area contributed by atoms with Crippen LogP contribution in [-0.2, 0) is 7.05 Å². The van der Waals surface area contributed by atoms with E-state index in [0.717, 1.165) is 40.1 Å². The predicted molar refractivity (Wildman–Crippen MR) is 151 cm³/mol. The fourth-order valence-corrected chi connectivity index (χ4v) is 4.38. The number of carbonyl (C=O) groups excluding carboxylic acids is 1. The number of carbonyl (C=O) groups is 1. The molecular weight excluding hydrogens is 476 g/mol. The zero-order valence-electron chi connectivity index (χ0n) is 23.4. The molecule has 0 aliphatic heterocycles. The third kappa shape index (κ3) is 6.31. The number of nitrogens with one attached hydrogen (secondary N) is 1. The second kappa shape index (κ2) is 11.6. The first-order valence-corrected chi connectivity index (χ1v) is 13.0. The van der Waals surface area contributed by atoms with Crippen LogP contribution in [0.25, 0.3) is 22.4 Å². The third-order valence-corrected chi connectivity index (χ3v) is 6.56. The number of nitrogens with zero attached hydrogens (tertiary/aromatic N) is 5. The molecule has 1 amide bonds. The van der Waals surface area contributed by atoms with Gasteiger partial charge in [-0.1, -0.05) is 6.07 Å². The molecule has 0 fully saturated rings. The molecule has 1 N–H and O–H groups in total. The minimum absolute atomic E-state index is 0.131. The number of hydrogen-bond acceptors (Lipinski definition) is 5. The first kappa shape index (κ1) is 27.1. The molecule has 0 unspecified atom stereocenters. The Morgan fingerprint density at radius 3 is 2.47 bits per heavy atom. The normalized spacial score (nSPS) is 12.2. The Morgan fingerprint density at radius 2 is 1.79 bits per heavy atom. The Morgan fingerprint density at radius 1 is 1.03 bits per heavy atom. The van der Waals surface area contributed by atoms with Gasteiger partial charge in [0.25, 0.3) is 5.91 Å². The van der Waals surface area contributed by atoms with Crippen LogP contribution in [0.2, 0.25) is 0 Å². The summed E-state index contributed by atoms with van der Waals surface area (Å²) >= 11 is 0. The molecular formula is C30H38N6O2. The number of aromatic nitrogens is 4. The standard InChI is InChI=1S/C30H38N6O2/c1-20(2)36-29(10-11-31-36)25-15-23(14-24(16-25)26-18-32-35(7)19-26)22(4)33-30(37)28-17-27(9-8-21(28)3)38-13-12-34(5)6/h8-11,14-20,22H,12-13H2,1-7H3,(H,33,37)/t22-/m1/s1. The highest BCUT2D eigenvalue weighted by Crippen LogP contribution is 2.31. The summed E-state index contributed by atoms with van der Waals surface area (Å²) in [5, 5.41) is 12.1. The van der Waals surface area contributed by atoms with Gasteiger partial charge in [0, 0.05) is 48.7 Å². The van der Waals surface area contributed by atoms with E-state index in [9.17, 15) is 4.79 Å². The fourth-order valence-electron chi connectivity index (χ4n) is 4.38. The van der Waals surface area contributed by atoms with Crippen LogP contribution in [0.5, 0.6) is 5.75 Å². The molecule has 38 heavy (non-hydrogen) atoms. The van der Waals surface area contributed by atoms with E-state index < -0.39 is 0 Å². The lowest BCUT2D eigenvalue weighted by Gasteiger charge is -2.19. The molecule has 4 aromatic rings. The van der Waals surface area contributed by atoms with Crippen molar-refractivity contribution in [2.45, 2.75) is 39.8 Å². The molecule has 0 radical (unpaired) electrons. The van der Waals surface area contributed by atoms with E-state index in [1.165, 1.54) is 0 Å². The summed E-state index contributed by atoms with van der Waals surface area (Å²) in [7, 11) is 5.92. The number of hydrogen-bond donors (Lipinski definition) is 1. The molecule has 0 aliphatic rings. The van der Waals surface area contributed by atoms with Crippen LogP contribution in [0.1, 0.15) is 54.3 Å². The molecule has 0 spiro atoms. The molecule has 2 aromatic carbocycles. The molecule has 200 valence electrons. The van der Waals surface area contributed by atoms with E-state index in [2.05, 4.69) is 52.5 Å². The Kier molecular flexibility index (Phi) is 8.32. The lowest BCUT2D eigenvalue weighted by atomic mass is 9.96. The summed E-state index contributed by atoms with van der Waals surface area (Å²) in [6.07, 6.45) is 5.68. The van der Waals surface area contributed by atoms with Crippen molar-refractivity contribution in [2.24, 2.45) is 7.05 Å². The number of rotatable bonds is 10. The van der Waals surface area contributed by atoms with Crippen molar-refractivity contribution >= 4 is 5.91 Å². The van der Waals surface area contributed by atoms with E-state index >= 15 is 0 Å². The van der Waals surface area contributed by atoms with Gasteiger partial charge in [0.1, 0.15) is 12.4 Å². The number of benzene rings is 2. The van der Waals surface area contributed by atoms with Crippen molar-refractivity contribution in [3.05, 3.63) is 77.7 Å². The van der Waals surface area contributed by atoms with Gasteiger partial charge in [-0.15, -0.1) is 0 Å². The van der Waals surface area contributed by atoms with Crippen molar-refractivity contribution in [1.29, 1.82) is 0 Å². The van der Waals surface area contributed by atoms with E-state index in [1.54, 1.807) is 4.68 Å². The first-order valence-electron chi connectivity index (χ1n) is 13.0. The Hall–Kier alpha value is -3.91. The number of likely N-dealkylation sites (N-methyl/N-ethyl adjacent to an activating group) is 1. The summed E-state index contributed by atoms with van der Waals surface area (Å²) in [4.78, 5) is 15.5. The molecule has 1 atom stereocenters. The van der Waals surface area contributed by atoms with Gasteiger partial charge in [0.2, 0.25) is 0 Å². The maximum atomic E-state index is 13.4. The molecule has 4 rings (SSSR count). The monoisotopic (exact) mass is 514 g/mol. The highest BCUT2D eigenvalue weighted by molar-refractivity contribution is 5.96. The maximum absolute atomic E-state index is 13.4. The van der Waals surface area contributed by atoms with Crippen LogP contribution in [0.3, 0.4) is 0 Å². The van der Waals surface area contributed by atoms with Crippen molar-refractivity contribution in [1.82, 2.24) is 29.8 Å². The summed E-state index contributed by atoms with van der Waals surface area (Å²) in [6, 6.07) is 14.1. The van der Waals surface area contributed by atoms with Gasteiger partial charge in [-0.25, -0.2) is 0 Å². The molecule has 2 heterocycles. The molecule has 8 nitrogen and oxygen atoms in total. The average Bonchev–Trinajstić information content (AvgIpc) is 3.54. The minimum Gasteiger partial charge on any atom is -0.492 e. The maximum Gasteiger partial charge on any atom is 0.252 e. The van der Waals surface area contributed by atoms with Crippen LogP contribution in [0.15, 0.2) is 61.1 Å². The van der Waals surface area contributed by atoms with Gasteiger partial charge in [-0.05, 0) is 94.9 Å². The Labute approximate surface area is 225 Å². The van der Waals surface area contributed by atoms with Crippen molar-refractivity contribution in [2.75, 3.05) is 27.2 Å². The molecule has 8 heteroatoms. The van der Waals surface area contributed by atoms with Gasteiger partial charge in [0.15, 0.2) is 0 Å². The van der Waals surface area contributed by atoms with Gasteiger partial charge in [-0.3, -0.25) is 14.2 Å². The highest BCUT2D eigenvalue weighted by Gasteiger charge is 2.18. The molecule has 0 saturated heterocycles. The summed E-state index contributed by atoms with van der Waals surface area (Å²) < 4.78 is 9.68. The summed E-state index contributed by atoms with van der Waals surface area (Å²) in [5.74, 6) is 0.562. The van der Waals surface area contributed by atoms with Crippen molar-refractivity contribution in [3.8, 4) is 28.1 Å². The van der Waals surface area contributed by atoms with Gasteiger partial charge in [0.05, 0.1) is 17.9 Å². The Balaban J connectivity index is 1.63. The Bertz CT molecular complexity index is 1400. The SMILES string of the molecule is Cc1ccc(OCCN(C)C)cc1C(=O)N[C@H](C)c1cc(-c2cnn(C)c2)cc(-c2ccnn2C(C)C)c1. The highest BCUT2D eigenvalue weighted by atomic mass is 16.5. The largest absolute Gasteiger partial charge is 0.492 e. The molecule has 2 aromatic heterocycles. The van der Waals surface area contributed by atoms with Crippen LogP contribution >= 0.6 is 0 Å². The quantitative estimate of drug-likeness (QED) is 0.312. The fraction of sp³-hybridized carbons (Fsp3) is 0.367. The van der Waals surface area contributed by atoms with Gasteiger partial charge < -0.3 is 15.0 Å². The third-order valence-electron chi connectivity index (χ3n) is 6.56. The zero-order chi connectivity index (χ0) is 27.4. The van der Waals surface area contributed by atoms with Crippen LogP contribution < -0.4 is 10.1 Å². The van der Waals surface area contributed by atoms with Crippen LogP contribution in [0.4, 0.5) is 0 Å². The second-order valence-electron chi connectivity index (χ2n) is 10.3. The number of amides is 1. The minimum atomic E-state index is -0.231. The van der Waals surface area contributed by atoms with Crippen molar-refractivity contribution in [3.63, 3.8) is 0 Å². The zero-order valence-corrected chi connectivity index (χ0v) is 23.4. The topological polar surface area (TPSA) is 77.2 Å². The van der Waals surface area contributed by atoms with Crippen molar-refractivity contribution < 1.29 is 9.53 Å². The lowest BCUT2D eigenvalue weighted by molar-refractivity contribution is 0.0938. The smallest absolute Gasteiger partial charge is 0.252 e. The molecule has 0 aliphatic carbocycles. The predicted octanol–water partition coefficient (Wildman–Crippen LogP) is 5.27. The van der Waals surface area contributed by atoms with E-state index in [4.69, 9.17) is 4.74 Å². The lowest BCUT2D eigenvalue weighted by Crippen LogP contribution is -2.27. The molecule has 0 bridgehead atoms. The van der Waals surface area contributed by atoms with Crippen LogP contribution in [-0.4, -0.2) is 57.6 Å². The number of aryl methyl sites for hydroxylation is 2. The van der Waals surface area contributed by atoms with Gasteiger partial charge >= 0.3 is 0 Å². The van der Waals surface area contributed by atoms with Gasteiger partial charge in [-0.2, -0.15) is 10.2 Å². The average molecular weight is 515 g/mol. The van der Waals surface area contributed by atoms with E-state index in [-0.39, 0.29) is 18.0 Å². The number of ether oxygens (including phenoxy) is 1. The molecule has 0 saturated carbocycles. The van der Waals surface area contributed by atoms with Crippen LogP contribution in [0, 0.1) is 6.92 Å². The second-order valence-corrected chi connectivity index (χ2v) is 10.3. The summed E-state index contributed by atoms with van der Waals surface area (Å²) in [6.45, 7) is 9.55. The van der Waals surface area contributed by atoms with E-state index in [1.807, 2.05) is 82.5 Å². The van der Waals surface area contributed by atoms with E-state index in [0.29, 0.717) is 17.9 Å². The summed E-state index contributed by atoms with van der Waals surface area (Å²) in [5.41, 5.74) is 6.65. The first-order chi connectivity index (χ1) is 18.1.